The average Bonchev–Trinajstić information content (AvgIpc) is 2.86. The second-order valence-electron chi connectivity index (χ2n) is 20.8. The lowest BCUT2D eigenvalue weighted by molar-refractivity contribution is -0.903. The molecule has 0 aliphatic carbocycles. The molecule has 452 valence electrons. The minimum atomic E-state index is -1.92. The number of nitrogens with two attached hydrogens (primary N) is 3. The van der Waals surface area contributed by atoms with Gasteiger partial charge in [-0.2, -0.15) is 10.2 Å². The summed E-state index contributed by atoms with van der Waals surface area (Å²) in [5.74, 6) is -3.70. The number of quaternary nitrogens is 1. The number of carboxylic acids is 1. The number of methoxy groups -OCH3 is 1. The SMILES string of the molecule is CCn1nc(C)cc1C(=O)Nc1nc2cc(C(N)=O)cc(OC)c2n1C/C=C/Cn1c(NC(=O)c2cc(C)nn2CC)nc2cc(C(N)=O)cc(OCCC[N+](C)(C)Cc3ccc(O[C@@H]4O[C@H](C(=O)O)[C@@H](O)[C@H](O)[C@H]4O)cc3NC(=O)CCN)c21. The van der Waals surface area contributed by atoms with Crippen LogP contribution in [0.5, 0.6) is 17.2 Å². The first-order valence-corrected chi connectivity index (χ1v) is 27.2. The summed E-state index contributed by atoms with van der Waals surface area (Å²) in [7, 11) is 5.34. The highest BCUT2D eigenvalue weighted by Crippen LogP contribution is 2.35. The van der Waals surface area contributed by atoms with Crippen molar-refractivity contribution in [2.24, 2.45) is 17.2 Å². The maximum atomic E-state index is 14.1. The summed E-state index contributed by atoms with van der Waals surface area (Å²) in [5.41, 5.74) is 21.7. The molecule has 0 radical (unpaired) electrons. The number of anilines is 3. The molecule has 5 heterocycles. The molecule has 0 bridgehead atoms. The van der Waals surface area contributed by atoms with Crippen LogP contribution in [0.15, 0.2) is 66.7 Å². The third-order valence-electron chi connectivity index (χ3n) is 14.0. The van der Waals surface area contributed by atoms with Gasteiger partial charge in [0.2, 0.25) is 35.9 Å². The number of allylic oxidation sites excluding steroid dienone is 2. The number of aliphatic hydroxyl groups is 3. The number of aromatic nitrogens is 8. The van der Waals surface area contributed by atoms with Crippen molar-refractivity contribution in [3.63, 3.8) is 0 Å². The molecule has 29 heteroatoms. The zero-order valence-corrected chi connectivity index (χ0v) is 47.9. The number of nitrogens with one attached hydrogen (secondary N) is 3. The molecule has 1 aliphatic rings. The number of nitrogens with zero attached hydrogens (tertiary/aromatic N) is 9. The van der Waals surface area contributed by atoms with Crippen LogP contribution in [0.1, 0.15) is 85.3 Å². The lowest BCUT2D eigenvalue weighted by Gasteiger charge is -2.38. The Morgan fingerprint density at radius 1 is 0.741 bits per heavy atom. The number of aliphatic hydroxyl groups excluding tert-OH is 3. The molecule has 8 rings (SSSR count). The smallest absolute Gasteiger partial charge is 0.335 e. The number of amides is 5. The molecule has 7 aromatic rings. The normalized spacial score (nSPS) is 17.1. The molecule has 29 nitrogen and oxygen atoms in total. The fourth-order valence-electron chi connectivity index (χ4n) is 9.91. The number of carbonyl (C=O) groups excluding carboxylic acids is 5. The van der Waals surface area contributed by atoms with E-state index in [1.807, 2.05) is 27.9 Å². The highest BCUT2D eigenvalue weighted by Gasteiger charge is 2.48. The maximum Gasteiger partial charge on any atom is 0.335 e. The Kier molecular flexibility index (Phi) is 19.0. The van der Waals surface area contributed by atoms with E-state index in [1.54, 1.807) is 62.7 Å². The van der Waals surface area contributed by atoms with Gasteiger partial charge in [0.1, 0.15) is 64.5 Å². The second-order valence-corrected chi connectivity index (χ2v) is 20.8. The average molecular weight is 1180 g/mol. The predicted molar refractivity (Wildman–Crippen MR) is 308 cm³/mol. The van der Waals surface area contributed by atoms with Crippen molar-refractivity contribution in [2.45, 2.75) is 104 Å². The molecular formula is C56H70N15O14+. The van der Waals surface area contributed by atoms with Crippen LogP contribution >= 0.6 is 0 Å². The Labute approximate surface area is 486 Å². The number of primary amides is 2. The number of aliphatic carboxylic acids is 1. The molecule has 1 aliphatic heterocycles. The molecular weight excluding hydrogens is 1110 g/mol. The molecule has 3 aromatic carbocycles. The highest BCUT2D eigenvalue weighted by atomic mass is 16.7. The van der Waals surface area contributed by atoms with E-state index in [4.69, 9.17) is 46.1 Å². The molecule has 4 aromatic heterocycles. The van der Waals surface area contributed by atoms with Gasteiger partial charge in [0, 0.05) is 68.3 Å². The predicted octanol–water partition coefficient (Wildman–Crippen LogP) is 2.01. The summed E-state index contributed by atoms with van der Waals surface area (Å²) < 4.78 is 30.2. The Morgan fingerprint density at radius 2 is 1.28 bits per heavy atom. The van der Waals surface area contributed by atoms with E-state index in [0.29, 0.717) is 82.0 Å². The van der Waals surface area contributed by atoms with Crippen LogP contribution in [0, 0.1) is 13.8 Å². The fraction of sp³-hybridized carbons (Fsp3) is 0.393. The van der Waals surface area contributed by atoms with Gasteiger partial charge in [0.15, 0.2) is 6.10 Å². The number of ether oxygens (including phenoxy) is 4. The fourth-order valence-corrected chi connectivity index (χ4v) is 9.91. The number of rotatable bonds is 26. The number of benzene rings is 3. The van der Waals surface area contributed by atoms with Gasteiger partial charge in [-0.3, -0.25) is 44.0 Å². The Balaban J connectivity index is 1.08. The van der Waals surface area contributed by atoms with Gasteiger partial charge < -0.3 is 75.5 Å². The summed E-state index contributed by atoms with van der Waals surface area (Å²) in [6.07, 6.45) is -5.22. The number of hydrogen-bond acceptors (Lipinski definition) is 18. The standard InChI is InChI=1S/C56H69N15O14/c1-8-69-38(21-29(3)65-69)51(78)63-55-61-36-23-32(49(58)76)25-40(82-7)43(36)67(55)17-10-11-18-68-44-37(62-56(68)64-52(79)39-22-30(4)66-70(39)9-2)24-33(50(59)77)26-41(44)83-20-12-19-71(5,6)28-31-13-14-34(27-35(31)60-42(72)15-16-57)84-54-47(75)45(73)46(74)48(85-54)53(80)81/h10-11,13-14,21-27,45-48,54,73-75H,8-9,12,15-20,28,57H2,1-7H3,(H7-,58,59,60,61,62,63,64,72,76,77,78,79,80,81)/p+1/b11-10+/t45-,46-,47+,48-,54+/m0/s1. The van der Waals surface area contributed by atoms with Gasteiger partial charge in [-0.05, 0) is 76.2 Å². The molecule has 85 heavy (non-hydrogen) atoms. The molecule has 5 atom stereocenters. The van der Waals surface area contributed by atoms with Crippen LogP contribution in [0.25, 0.3) is 22.1 Å². The van der Waals surface area contributed by atoms with Crippen LogP contribution in [0.4, 0.5) is 17.6 Å². The van der Waals surface area contributed by atoms with Crippen molar-refractivity contribution in [1.82, 2.24) is 38.7 Å². The third kappa shape index (κ3) is 13.9. The van der Waals surface area contributed by atoms with Crippen LogP contribution in [0.2, 0.25) is 0 Å². The third-order valence-corrected chi connectivity index (χ3v) is 14.0. The number of aryl methyl sites for hydroxylation is 4. The zero-order valence-electron chi connectivity index (χ0n) is 47.9. The van der Waals surface area contributed by atoms with Crippen molar-refractivity contribution in [3.05, 3.63) is 106 Å². The van der Waals surface area contributed by atoms with E-state index in [-0.39, 0.29) is 84.1 Å². The summed E-state index contributed by atoms with van der Waals surface area (Å²) in [4.78, 5) is 87.4. The highest BCUT2D eigenvalue weighted by molar-refractivity contribution is 6.05. The van der Waals surface area contributed by atoms with Crippen LogP contribution < -0.4 is 47.4 Å². The lowest BCUT2D eigenvalue weighted by Crippen LogP contribution is -2.61. The largest absolute Gasteiger partial charge is 0.494 e. The van der Waals surface area contributed by atoms with Gasteiger partial charge in [-0.25, -0.2) is 14.8 Å². The Bertz CT molecular complexity index is 3710. The van der Waals surface area contributed by atoms with Crippen molar-refractivity contribution in [3.8, 4) is 17.2 Å². The number of fused-ring (bicyclic) bond motifs is 2. The van der Waals surface area contributed by atoms with Crippen LogP contribution in [-0.4, -0.2) is 171 Å². The first-order chi connectivity index (χ1) is 40.4. The minimum absolute atomic E-state index is 0.0120. The molecule has 13 N–H and O–H groups in total. The van der Waals surface area contributed by atoms with Crippen molar-refractivity contribution in [2.75, 3.05) is 56.9 Å². The van der Waals surface area contributed by atoms with E-state index >= 15 is 0 Å². The van der Waals surface area contributed by atoms with Gasteiger partial charge in [0.25, 0.3) is 11.8 Å². The van der Waals surface area contributed by atoms with E-state index in [0.717, 1.165) is 0 Å². The summed E-state index contributed by atoms with van der Waals surface area (Å²) in [6, 6.07) is 13.9. The second kappa shape index (κ2) is 26.1. The molecule has 0 spiro atoms. The van der Waals surface area contributed by atoms with E-state index in [9.17, 15) is 49.2 Å². The first-order valence-electron chi connectivity index (χ1n) is 27.2. The lowest BCUT2D eigenvalue weighted by atomic mass is 9.99. The number of hydrogen-bond donors (Lipinski definition) is 10. The first kappa shape index (κ1) is 61.8. The Morgan fingerprint density at radius 3 is 1.79 bits per heavy atom. The molecule has 5 amide bonds. The van der Waals surface area contributed by atoms with Crippen molar-refractivity contribution >= 4 is 75.2 Å². The monoisotopic (exact) mass is 1180 g/mol. The number of carbonyl (C=O) groups is 6. The van der Waals surface area contributed by atoms with Gasteiger partial charge in [-0.1, -0.05) is 12.2 Å². The quantitative estimate of drug-likeness (QED) is 0.0211. The molecule has 1 saturated heterocycles. The van der Waals surface area contributed by atoms with E-state index in [1.165, 1.54) is 43.5 Å². The van der Waals surface area contributed by atoms with E-state index in [2.05, 4.69) is 26.1 Å². The summed E-state index contributed by atoms with van der Waals surface area (Å²) in [5, 5.41) is 58.2. The van der Waals surface area contributed by atoms with Gasteiger partial charge >= 0.3 is 5.97 Å². The van der Waals surface area contributed by atoms with Crippen molar-refractivity contribution in [1.29, 1.82) is 0 Å². The molecule has 0 saturated carbocycles. The minimum Gasteiger partial charge on any atom is -0.494 e. The summed E-state index contributed by atoms with van der Waals surface area (Å²) in [6.45, 7) is 9.21. The molecule has 0 unspecified atom stereocenters. The number of carboxylic acid groups (broad SMARTS) is 1. The molecule has 1 fully saturated rings. The summed E-state index contributed by atoms with van der Waals surface area (Å²) >= 11 is 0. The number of imidazole rings is 2. The topological polar surface area (TPSA) is 406 Å². The van der Waals surface area contributed by atoms with E-state index < -0.39 is 66.2 Å². The zero-order chi connectivity index (χ0) is 61.6. The maximum absolute atomic E-state index is 14.1. The van der Waals surface area contributed by atoms with Gasteiger partial charge in [-0.15, -0.1) is 0 Å². The van der Waals surface area contributed by atoms with Gasteiger partial charge in [0.05, 0.1) is 62.5 Å². The van der Waals surface area contributed by atoms with Crippen LogP contribution in [0.3, 0.4) is 0 Å². The van der Waals surface area contributed by atoms with Crippen molar-refractivity contribution < 1.29 is 72.6 Å². The Hall–Kier alpha value is -9.26. The van der Waals surface area contributed by atoms with Crippen LogP contribution in [-0.2, 0) is 47.0 Å².